The highest BCUT2D eigenvalue weighted by molar-refractivity contribution is 5.88. The van der Waals surface area contributed by atoms with Crippen LogP contribution in [0.5, 0.6) is 0 Å². The molecule has 1 rings (SSSR count). The summed E-state index contributed by atoms with van der Waals surface area (Å²) >= 11 is 0. The number of aliphatic hydroxyl groups is 1. The fourth-order valence-electron chi connectivity index (χ4n) is 0.925. The number of aliphatic imine (C=N–C) groups is 1. The first kappa shape index (κ1) is 8.00. The van der Waals surface area contributed by atoms with E-state index in [9.17, 15) is 9.90 Å². The van der Waals surface area contributed by atoms with Gasteiger partial charge in [-0.05, 0) is 0 Å². The summed E-state index contributed by atoms with van der Waals surface area (Å²) in [6, 6.07) is 0. The Morgan fingerprint density at radius 3 is 2.73 bits per heavy atom. The van der Waals surface area contributed by atoms with E-state index in [2.05, 4.69) is 4.99 Å². The predicted molar refractivity (Wildman–Crippen MR) is 39.9 cm³/mol. The van der Waals surface area contributed by atoms with Gasteiger partial charge in [0.2, 0.25) is 6.41 Å². The summed E-state index contributed by atoms with van der Waals surface area (Å²) in [6.45, 7) is 0.248. The molecule has 1 unspecified atom stereocenters. The molecule has 1 amide bonds. The van der Waals surface area contributed by atoms with E-state index in [1.54, 1.807) is 19.0 Å². The molecule has 11 heavy (non-hydrogen) atoms. The van der Waals surface area contributed by atoms with Crippen molar-refractivity contribution in [2.24, 2.45) is 4.99 Å². The molecule has 0 aliphatic carbocycles. The second kappa shape index (κ2) is 2.87. The molecule has 0 aromatic rings. The fraction of sp³-hybridized carbons (Fsp3) is 0.667. The lowest BCUT2D eigenvalue weighted by molar-refractivity contribution is -0.122. The molecule has 5 nitrogen and oxygen atoms in total. The Morgan fingerprint density at radius 2 is 2.45 bits per heavy atom. The Morgan fingerprint density at radius 1 is 1.82 bits per heavy atom. The third-order valence-electron chi connectivity index (χ3n) is 1.53. The van der Waals surface area contributed by atoms with Crippen molar-refractivity contribution in [3.63, 3.8) is 0 Å². The summed E-state index contributed by atoms with van der Waals surface area (Å²) in [7, 11) is 3.55. The van der Waals surface area contributed by atoms with Crippen LogP contribution in [0.15, 0.2) is 4.99 Å². The van der Waals surface area contributed by atoms with Crippen LogP contribution in [0.3, 0.4) is 0 Å². The zero-order chi connectivity index (χ0) is 8.43. The van der Waals surface area contributed by atoms with Gasteiger partial charge >= 0.3 is 0 Å². The molecule has 62 valence electrons. The fourth-order valence-corrected chi connectivity index (χ4v) is 0.925. The highest BCUT2D eigenvalue weighted by Crippen LogP contribution is 2.06. The summed E-state index contributed by atoms with van der Waals surface area (Å²) in [4.78, 5) is 17.1. The molecule has 0 bridgehead atoms. The van der Waals surface area contributed by atoms with Crippen LogP contribution in [0.2, 0.25) is 0 Å². The highest BCUT2D eigenvalue weighted by Gasteiger charge is 2.26. The molecule has 0 fully saturated rings. The minimum atomic E-state index is -0.873. The van der Waals surface area contributed by atoms with Crippen LogP contribution in [0.4, 0.5) is 0 Å². The molecule has 0 spiro atoms. The zero-order valence-corrected chi connectivity index (χ0v) is 6.56. The van der Waals surface area contributed by atoms with E-state index in [0.29, 0.717) is 12.2 Å². The lowest BCUT2D eigenvalue weighted by atomic mass is 10.4. The predicted octanol–water partition coefficient (Wildman–Crippen LogP) is -1.31. The minimum Gasteiger partial charge on any atom is -0.367 e. The average molecular weight is 157 g/mol. The number of rotatable bonds is 1. The average Bonchev–Trinajstić information content (AvgIpc) is 2.30. The Bertz CT molecular complexity index is 190. The van der Waals surface area contributed by atoms with E-state index >= 15 is 0 Å². The van der Waals surface area contributed by atoms with E-state index in [1.807, 2.05) is 0 Å². The van der Waals surface area contributed by atoms with E-state index in [0.717, 1.165) is 0 Å². The first-order valence-electron chi connectivity index (χ1n) is 3.27. The molecule has 1 aliphatic heterocycles. The van der Waals surface area contributed by atoms with Gasteiger partial charge in [-0.2, -0.15) is 0 Å². The number of likely N-dealkylation sites (N-methyl/N-ethyl adjacent to an activating group) is 1. The van der Waals surface area contributed by atoms with Gasteiger partial charge in [0.1, 0.15) is 6.67 Å². The van der Waals surface area contributed by atoms with Gasteiger partial charge in [-0.1, -0.05) is 0 Å². The number of aliphatic hydroxyl groups excluding tert-OH is 1. The maximum absolute atomic E-state index is 10.3. The van der Waals surface area contributed by atoms with E-state index in [1.165, 1.54) is 4.90 Å². The number of hydrogen-bond acceptors (Lipinski definition) is 4. The molecule has 0 radical (unpaired) electrons. The van der Waals surface area contributed by atoms with Crippen LogP contribution in [-0.2, 0) is 4.79 Å². The van der Waals surface area contributed by atoms with E-state index in [4.69, 9.17) is 0 Å². The molecular weight excluding hydrogens is 146 g/mol. The minimum absolute atomic E-state index is 0.248. The maximum atomic E-state index is 10.3. The van der Waals surface area contributed by atoms with Crippen molar-refractivity contribution in [3.05, 3.63) is 0 Å². The van der Waals surface area contributed by atoms with Crippen molar-refractivity contribution in [2.75, 3.05) is 20.8 Å². The molecule has 1 heterocycles. The Balaban J connectivity index is 2.66. The molecule has 1 atom stereocenters. The van der Waals surface area contributed by atoms with Crippen molar-refractivity contribution in [2.45, 2.75) is 6.23 Å². The van der Waals surface area contributed by atoms with Crippen LogP contribution < -0.4 is 0 Å². The van der Waals surface area contributed by atoms with Gasteiger partial charge in [0.05, 0.1) is 0 Å². The Kier molecular flexibility index (Phi) is 2.09. The number of amides is 1. The number of carbonyl (C=O) groups is 1. The van der Waals surface area contributed by atoms with Gasteiger partial charge in [-0.15, -0.1) is 0 Å². The van der Waals surface area contributed by atoms with Crippen LogP contribution in [0, 0.1) is 0 Å². The first-order valence-corrected chi connectivity index (χ1v) is 3.27. The van der Waals surface area contributed by atoms with Gasteiger partial charge in [0.15, 0.2) is 12.1 Å². The molecular formula is C6H11N3O2. The monoisotopic (exact) mass is 157 g/mol. The smallest absolute Gasteiger partial charge is 0.213 e. The van der Waals surface area contributed by atoms with Crippen LogP contribution in [-0.4, -0.2) is 54.1 Å². The van der Waals surface area contributed by atoms with Crippen molar-refractivity contribution in [1.29, 1.82) is 0 Å². The molecule has 0 aromatic carbocycles. The Hall–Kier alpha value is -1.10. The summed E-state index contributed by atoms with van der Waals surface area (Å²) < 4.78 is 0. The van der Waals surface area contributed by atoms with Crippen molar-refractivity contribution in [3.8, 4) is 0 Å². The first-order chi connectivity index (χ1) is 5.16. The normalized spacial score (nSPS) is 23.4. The Labute approximate surface area is 64.9 Å². The standard InChI is InChI=1S/C6H11N3O2/c1-8(2)5-6(11)9(4-10)3-7-5/h4,6,11H,3H2,1-2H3. The van der Waals surface area contributed by atoms with Crippen molar-refractivity contribution >= 4 is 12.2 Å². The van der Waals surface area contributed by atoms with E-state index < -0.39 is 6.23 Å². The third-order valence-corrected chi connectivity index (χ3v) is 1.53. The van der Waals surface area contributed by atoms with Crippen molar-refractivity contribution < 1.29 is 9.90 Å². The molecule has 5 heteroatoms. The van der Waals surface area contributed by atoms with Crippen LogP contribution >= 0.6 is 0 Å². The van der Waals surface area contributed by atoms with E-state index in [-0.39, 0.29) is 6.67 Å². The topological polar surface area (TPSA) is 56.1 Å². The van der Waals surface area contributed by atoms with Gasteiger partial charge in [0.25, 0.3) is 0 Å². The summed E-state index contributed by atoms with van der Waals surface area (Å²) in [5, 5.41) is 9.34. The van der Waals surface area contributed by atoms with Gasteiger partial charge in [-0.25, -0.2) is 4.99 Å². The summed E-state index contributed by atoms with van der Waals surface area (Å²) in [5.74, 6) is 0.525. The zero-order valence-electron chi connectivity index (χ0n) is 6.56. The van der Waals surface area contributed by atoms with Gasteiger partial charge < -0.3 is 10.0 Å². The van der Waals surface area contributed by atoms with Crippen LogP contribution in [0.1, 0.15) is 0 Å². The quantitative estimate of drug-likeness (QED) is 0.481. The largest absolute Gasteiger partial charge is 0.367 e. The second-order valence-corrected chi connectivity index (χ2v) is 2.55. The highest BCUT2D eigenvalue weighted by atomic mass is 16.3. The second-order valence-electron chi connectivity index (χ2n) is 2.55. The lowest BCUT2D eigenvalue weighted by Gasteiger charge is -2.19. The third kappa shape index (κ3) is 1.32. The van der Waals surface area contributed by atoms with Gasteiger partial charge in [-0.3, -0.25) is 9.69 Å². The van der Waals surface area contributed by atoms with Gasteiger partial charge in [0, 0.05) is 14.1 Å². The van der Waals surface area contributed by atoms with Crippen molar-refractivity contribution in [1.82, 2.24) is 9.80 Å². The number of carbonyl (C=O) groups excluding carboxylic acids is 1. The number of amidine groups is 1. The number of hydrogen-bond donors (Lipinski definition) is 1. The molecule has 0 aromatic heterocycles. The summed E-state index contributed by atoms with van der Waals surface area (Å²) in [5.41, 5.74) is 0. The number of nitrogens with zero attached hydrogens (tertiary/aromatic N) is 3. The van der Waals surface area contributed by atoms with Crippen LogP contribution in [0.25, 0.3) is 0 Å². The maximum Gasteiger partial charge on any atom is 0.213 e. The molecule has 1 N–H and O–H groups in total. The molecule has 0 saturated heterocycles. The summed E-state index contributed by atoms with van der Waals surface area (Å²) in [6.07, 6.45) is -0.285. The molecule has 1 aliphatic rings. The SMILES string of the molecule is CN(C)C1=NCN(C=O)C1O. The lowest BCUT2D eigenvalue weighted by Crippen LogP contribution is -2.40. The molecule has 0 saturated carbocycles.